The normalized spacial score (nSPS) is 10.7. The summed E-state index contributed by atoms with van der Waals surface area (Å²) >= 11 is 0. The van der Waals surface area contributed by atoms with Gasteiger partial charge in [-0.05, 0) is 12.8 Å². The highest BCUT2D eigenvalue weighted by atomic mass is 16.3. The molecule has 0 bridgehead atoms. The summed E-state index contributed by atoms with van der Waals surface area (Å²) in [7, 11) is 6.86. The van der Waals surface area contributed by atoms with Crippen LogP contribution in [0.1, 0.15) is 71.1 Å². The van der Waals surface area contributed by atoms with Crippen LogP contribution in [0.4, 0.5) is 0 Å². The summed E-state index contributed by atoms with van der Waals surface area (Å²) in [5.74, 6) is 0. The molecule has 3 heteroatoms. The Morgan fingerprint density at radius 2 is 1.11 bits per heavy atom. The molecule has 19 heavy (non-hydrogen) atoms. The molecule has 0 aliphatic heterocycles. The highest BCUT2D eigenvalue weighted by Gasteiger charge is 2.04. The van der Waals surface area contributed by atoms with Crippen molar-refractivity contribution in [2.75, 3.05) is 27.7 Å². The van der Waals surface area contributed by atoms with Crippen LogP contribution in [0.2, 0.25) is 0 Å². The molecule has 0 radical (unpaired) electrons. The molecule has 3 nitrogen and oxygen atoms in total. The first-order valence-corrected chi connectivity index (χ1v) is 7.84. The molecule has 0 unspecified atom stereocenters. The maximum atomic E-state index is 8.25. The van der Waals surface area contributed by atoms with E-state index in [2.05, 4.69) is 28.1 Å². The van der Waals surface area contributed by atoms with Crippen molar-refractivity contribution in [1.29, 1.82) is 0 Å². The first-order chi connectivity index (χ1) is 8.97. The molecular weight excluding hydrogens is 238 g/mol. The van der Waals surface area contributed by atoms with Gasteiger partial charge in [0.25, 0.3) is 0 Å². The van der Waals surface area contributed by atoms with Gasteiger partial charge in [-0.2, -0.15) is 0 Å². The Morgan fingerprint density at radius 1 is 0.789 bits per heavy atom. The van der Waals surface area contributed by atoms with Gasteiger partial charge in [-0.25, -0.2) is 0 Å². The lowest BCUT2D eigenvalue weighted by Gasteiger charge is -2.23. The van der Waals surface area contributed by atoms with Crippen molar-refractivity contribution >= 4 is 6.47 Å². The van der Waals surface area contributed by atoms with Crippen LogP contribution in [0.25, 0.3) is 0 Å². The molecular formula is C16H35NO2. The summed E-state index contributed by atoms with van der Waals surface area (Å²) in [6.45, 7) is 3.12. The Kier molecular flexibility index (Phi) is 16.9. The maximum Gasteiger partial charge on any atom is 0.0780 e. The molecule has 0 fully saturated rings. The van der Waals surface area contributed by atoms with Crippen LogP contribution in [0, 0.1) is 0 Å². The largest absolute Gasteiger partial charge is 0.554 e. The van der Waals surface area contributed by atoms with Crippen LogP contribution in [0.3, 0.4) is 0 Å². The molecule has 0 aliphatic carbocycles. The SMILES string of the molecule is CCCCCCCCCCCC[N+](C)(C)C.O=C[O-]. The number of unbranched alkanes of at least 4 members (excludes halogenated alkanes) is 9. The predicted octanol–water partition coefficient (Wildman–Crippen LogP) is 2.98. The molecule has 0 amide bonds. The summed E-state index contributed by atoms with van der Waals surface area (Å²) in [6.07, 6.45) is 14.4. The molecule has 0 saturated carbocycles. The molecule has 0 aromatic heterocycles. The van der Waals surface area contributed by atoms with E-state index >= 15 is 0 Å². The van der Waals surface area contributed by atoms with Crippen molar-refractivity contribution < 1.29 is 14.4 Å². The van der Waals surface area contributed by atoms with E-state index in [-0.39, 0.29) is 0 Å². The molecule has 0 aromatic carbocycles. The van der Waals surface area contributed by atoms with Gasteiger partial charge in [0, 0.05) is 6.47 Å². The number of carboxylic acid groups (broad SMARTS) is 1. The van der Waals surface area contributed by atoms with Crippen molar-refractivity contribution in [3.63, 3.8) is 0 Å². The number of quaternary nitrogens is 1. The van der Waals surface area contributed by atoms with Crippen molar-refractivity contribution in [2.45, 2.75) is 71.1 Å². The number of hydrogen-bond donors (Lipinski definition) is 0. The van der Waals surface area contributed by atoms with Gasteiger partial charge < -0.3 is 14.4 Å². The molecule has 116 valence electrons. The lowest BCUT2D eigenvalue weighted by molar-refractivity contribution is -0.870. The van der Waals surface area contributed by atoms with E-state index in [9.17, 15) is 0 Å². The fourth-order valence-corrected chi connectivity index (χ4v) is 2.07. The monoisotopic (exact) mass is 273 g/mol. The van der Waals surface area contributed by atoms with E-state index in [1.54, 1.807) is 0 Å². The zero-order chi connectivity index (χ0) is 15.0. The van der Waals surface area contributed by atoms with E-state index in [0.29, 0.717) is 0 Å². The topological polar surface area (TPSA) is 40.1 Å². The molecule has 0 rings (SSSR count). The van der Waals surface area contributed by atoms with E-state index in [0.717, 1.165) is 4.48 Å². The van der Waals surface area contributed by atoms with Crippen molar-refractivity contribution in [3.05, 3.63) is 0 Å². The first kappa shape index (κ1) is 20.7. The second-order valence-corrected chi connectivity index (χ2v) is 6.29. The summed E-state index contributed by atoms with van der Waals surface area (Å²) in [5, 5.41) is 8.25. The maximum absolute atomic E-state index is 8.25. The van der Waals surface area contributed by atoms with Gasteiger partial charge in [0.15, 0.2) is 0 Å². The quantitative estimate of drug-likeness (QED) is 0.330. The minimum Gasteiger partial charge on any atom is -0.554 e. The predicted molar refractivity (Wildman–Crippen MR) is 80.8 cm³/mol. The Morgan fingerprint density at radius 3 is 1.42 bits per heavy atom. The van der Waals surface area contributed by atoms with Gasteiger partial charge in [0.1, 0.15) is 0 Å². The summed E-state index contributed by atoms with van der Waals surface area (Å²) < 4.78 is 1.12. The summed E-state index contributed by atoms with van der Waals surface area (Å²) in [5.41, 5.74) is 0. The minimum absolute atomic E-state index is 0.500. The lowest BCUT2D eigenvalue weighted by atomic mass is 10.1. The second kappa shape index (κ2) is 15.5. The smallest absolute Gasteiger partial charge is 0.0780 e. The Labute approximate surface area is 120 Å². The summed E-state index contributed by atoms with van der Waals surface area (Å²) in [6, 6.07) is 0. The first-order valence-electron chi connectivity index (χ1n) is 7.84. The zero-order valence-electron chi connectivity index (χ0n) is 13.6. The second-order valence-electron chi connectivity index (χ2n) is 6.29. The average Bonchev–Trinajstić information content (AvgIpc) is 2.31. The van der Waals surface area contributed by atoms with Crippen LogP contribution in [0.15, 0.2) is 0 Å². The van der Waals surface area contributed by atoms with Gasteiger partial charge in [-0.1, -0.05) is 58.3 Å². The van der Waals surface area contributed by atoms with Crippen molar-refractivity contribution in [1.82, 2.24) is 0 Å². The molecule has 0 aliphatic rings. The Hall–Kier alpha value is -0.570. The van der Waals surface area contributed by atoms with Crippen LogP contribution in [0.5, 0.6) is 0 Å². The number of hydrogen-bond acceptors (Lipinski definition) is 2. The van der Waals surface area contributed by atoms with Crippen molar-refractivity contribution in [3.8, 4) is 0 Å². The third kappa shape index (κ3) is 26.9. The molecule has 0 aromatic rings. The van der Waals surface area contributed by atoms with E-state index in [1.165, 1.54) is 70.8 Å². The third-order valence-corrected chi connectivity index (χ3v) is 3.18. The fourth-order valence-electron chi connectivity index (χ4n) is 2.07. The van der Waals surface area contributed by atoms with E-state index in [1.807, 2.05) is 0 Å². The van der Waals surface area contributed by atoms with Gasteiger partial charge in [0.2, 0.25) is 0 Å². The van der Waals surface area contributed by atoms with Crippen LogP contribution >= 0.6 is 0 Å². The van der Waals surface area contributed by atoms with Crippen LogP contribution in [-0.2, 0) is 4.79 Å². The fraction of sp³-hybridized carbons (Fsp3) is 0.938. The molecule has 0 heterocycles. The van der Waals surface area contributed by atoms with Gasteiger partial charge in [-0.15, -0.1) is 0 Å². The van der Waals surface area contributed by atoms with Gasteiger partial charge in [-0.3, -0.25) is 0 Å². The van der Waals surface area contributed by atoms with E-state index < -0.39 is 6.47 Å². The average molecular weight is 273 g/mol. The van der Waals surface area contributed by atoms with E-state index in [4.69, 9.17) is 9.90 Å². The highest BCUT2D eigenvalue weighted by molar-refractivity contribution is 5.29. The number of nitrogens with zero attached hydrogens (tertiary/aromatic N) is 1. The molecule has 0 atom stereocenters. The van der Waals surface area contributed by atoms with Gasteiger partial charge >= 0.3 is 0 Å². The Balaban J connectivity index is 0. The number of carbonyl (C=O) groups is 1. The van der Waals surface area contributed by atoms with Crippen molar-refractivity contribution in [2.24, 2.45) is 0 Å². The van der Waals surface area contributed by atoms with Crippen LogP contribution < -0.4 is 5.11 Å². The van der Waals surface area contributed by atoms with Gasteiger partial charge in [0.05, 0.1) is 27.7 Å². The standard InChI is InChI=1S/C15H34N.CH2O2/c1-5-6-7-8-9-10-11-12-13-14-15-16(2,3)4;2-1-3/h5-15H2,1-4H3;1H,(H,2,3)/q+1;/p-1. The third-order valence-electron chi connectivity index (χ3n) is 3.18. The summed E-state index contributed by atoms with van der Waals surface area (Å²) in [4.78, 5) is 8.25. The molecule has 0 saturated heterocycles. The lowest BCUT2D eigenvalue weighted by Crippen LogP contribution is -2.35. The highest BCUT2D eigenvalue weighted by Crippen LogP contribution is 2.10. The molecule has 0 N–H and O–H groups in total. The Bertz CT molecular complexity index is 176. The zero-order valence-corrected chi connectivity index (χ0v) is 13.6. The van der Waals surface area contributed by atoms with Crippen LogP contribution in [-0.4, -0.2) is 38.6 Å². The number of rotatable bonds is 11. The number of carbonyl (C=O) groups excluding carboxylic acids is 1. The molecule has 0 spiro atoms. The minimum atomic E-state index is -0.500.